The molecule has 4 atom stereocenters. The van der Waals surface area contributed by atoms with Gasteiger partial charge in [-0.1, -0.05) is 0 Å². The maximum atomic E-state index is 13.3. The smallest absolute Gasteiger partial charge is 0.382 e. The lowest BCUT2D eigenvalue weighted by molar-refractivity contribution is -0.137. The predicted molar refractivity (Wildman–Crippen MR) is 95.3 cm³/mol. The summed E-state index contributed by atoms with van der Waals surface area (Å²) in [5, 5.41) is 8.99. The number of ether oxygens (including phenoxy) is 1. The Labute approximate surface area is 157 Å². The minimum absolute atomic E-state index is 0.0221. The Bertz CT molecular complexity index is 810. The molecule has 4 rings (SSSR count). The fourth-order valence-corrected chi connectivity index (χ4v) is 8.34. The Morgan fingerprint density at radius 1 is 1.37 bits per heavy atom. The van der Waals surface area contributed by atoms with Crippen LogP contribution < -0.4 is 4.31 Å². The number of alkyl halides is 3. The van der Waals surface area contributed by atoms with Crippen molar-refractivity contribution in [3.8, 4) is 6.07 Å². The molecule has 5 nitrogen and oxygen atoms in total. The van der Waals surface area contributed by atoms with E-state index in [0.717, 1.165) is 31.4 Å². The molecule has 2 aliphatic carbocycles. The lowest BCUT2D eigenvalue weighted by atomic mass is 9.79. The second-order valence-electron chi connectivity index (χ2n) is 7.68. The molecule has 1 aromatic rings. The molecule has 0 amide bonds. The average Bonchev–Trinajstić information content (AvgIpc) is 3.25. The first kappa shape index (κ1) is 18.9. The molecular formula is C18H21F3N2O3S. The Morgan fingerprint density at radius 2 is 2.11 bits per heavy atom. The fourth-order valence-electron chi connectivity index (χ4n) is 5.55. The van der Waals surface area contributed by atoms with Gasteiger partial charge in [0.1, 0.15) is 4.75 Å². The number of hydrogen-bond acceptors (Lipinski definition) is 5. The molecule has 9 heteroatoms. The molecule has 1 heterocycles. The van der Waals surface area contributed by atoms with E-state index in [9.17, 15) is 22.3 Å². The number of hydrogen-bond donors (Lipinski definition) is 2. The predicted octanol–water partition coefficient (Wildman–Crippen LogP) is 4.49. The SMILES string of the molecule is COC[C@@]12[C@@H]3CC[C@@H](C3)[C@@H]1CN(c1ccc(C#N)c(C(F)(F)F)c1)S2(O)O. The summed E-state index contributed by atoms with van der Waals surface area (Å²) in [6.07, 6.45) is -1.89. The van der Waals surface area contributed by atoms with Crippen molar-refractivity contribution in [2.24, 2.45) is 17.8 Å². The topological polar surface area (TPSA) is 76.7 Å². The van der Waals surface area contributed by atoms with Crippen molar-refractivity contribution >= 4 is 16.5 Å². The zero-order chi connectivity index (χ0) is 19.6. The average molecular weight is 402 g/mol. The third kappa shape index (κ3) is 2.43. The van der Waals surface area contributed by atoms with Crippen molar-refractivity contribution in [1.29, 1.82) is 5.26 Å². The molecule has 1 aliphatic heterocycles. The summed E-state index contributed by atoms with van der Waals surface area (Å²) in [6, 6.07) is 4.88. The molecule has 2 N–H and O–H groups in total. The van der Waals surface area contributed by atoms with Crippen LogP contribution in [0, 0.1) is 29.1 Å². The molecule has 2 saturated carbocycles. The Hall–Kier alpha value is -1.47. The molecule has 0 unspecified atom stereocenters. The van der Waals surface area contributed by atoms with E-state index in [-0.39, 0.29) is 30.7 Å². The summed E-state index contributed by atoms with van der Waals surface area (Å²) >= 11 is 0. The molecule has 0 spiro atoms. The third-order valence-electron chi connectivity index (χ3n) is 6.63. The van der Waals surface area contributed by atoms with E-state index in [0.29, 0.717) is 5.92 Å². The van der Waals surface area contributed by atoms with Gasteiger partial charge >= 0.3 is 6.18 Å². The second kappa shape index (κ2) is 6.01. The summed E-state index contributed by atoms with van der Waals surface area (Å²) in [6.45, 7) is 0.468. The number of benzene rings is 1. The highest BCUT2D eigenvalue weighted by Crippen LogP contribution is 2.76. The largest absolute Gasteiger partial charge is 0.417 e. The van der Waals surface area contributed by atoms with Crippen LogP contribution in [0.3, 0.4) is 0 Å². The van der Waals surface area contributed by atoms with E-state index in [1.54, 1.807) is 6.07 Å². The number of fused-ring (bicyclic) bond motifs is 5. The van der Waals surface area contributed by atoms with Crippen LogP contribution in [0.4, 0.5) is 18.9 Å². The second-order valence-corrected chi connectivity index (χ2v) is 9.92. The number of methoxy groups -OCH3 is 1. The molecule has 0 aromatic heterocycles. The van der Waals surface area contributed by atoms with Gasteiger partial charge in [0.2, 0.25) is 0 Å². The molecule has 3 aliphatic rings. The molecule has 1 saturated heterocycles. The summed E-state index contributed by atoms with van der Waals surface area (Å²) in [5.41, 5.74) is -1.45. The lowest BCUT2D eigenvalue weighted by Gasteiger charge is -2.52. The molecule has 1 aromatic carbocycles. The van der Waals surface area contributed by atoms with E-state index in [2.05, 4.69) is 0 Å². The van der Waals surface area contributed by atoms with Crippen molar-refractivity contribution in [2.75, 3.05) is 24.6 Å². The highest BCUT2D eigenvalue weighted by molar-refractivity contribution is 8.26. The summed E-state index contributed by atoms with van der Waals surface area (Å²) in [5.74, 6) is 0.413. The van der Waals surface area contributed by atoms with Gasteiger partial charge in [-0.25, -0.2) is 0 Å². The van der Waals surface area contributed by atoms with Gasteiger partial charge in [-0.3, -0.25) is 13.4 Å². The quantitative estimate of drug-likeness (QED) is 0.779. The molecule has 3 fully saturated rings. The fraction of sp³-hybridized carbons (Fsp3) is 0.611. The van der Waals surface area contributed by atoms with E-state index in [4.69, 9.17) is 10.00 Å². The maximum Gasteiger partial charge on any atom is 0.417 e. The van der Waals surface area contributed by atoms with Gasteiger partial charge in [0.25, 0.3) is 0 Å². The Balaban J connectivity index is 1.79. The van der Waals surface area contributed by atoms with Crippen LogP contribution in [-0.2, 0) is 10.9 Å². The molecule has 27 heavy (non-hydrogen) atoms. The van der Waals surface area contributed by atoms with E-state index < -0.39 is 32.8 Å². The molecular weight excluding hydrogens is 381 g/mol. The normalized spacial score (nSPS) is 35.1. The van der Waals surface area contributed by atoms with Crippen LogP contribution in [0.1, 0.15) is 30.4 Å². The first-order valence-corrected chi connectivity index (χ1v) is 10.3. The van der Waals surface area contributed by atoms with Crippen LogP contribution >= 0.6 is 10.8 Å². The van der Waals surface area contributed by atoms with Gasteiger partial charge in [-0.15, -0.1) is 10.8 Å². The van der Waals surface area contributed by atoms with Gasteiger partial charge in [0, 0.05) is 19.6 Å². The zero-order valence-corrected chi connectivity index (χ0v) is 15.6. The zero-order valence-electron chi connectivity index (χ0n) is 14.7. The van der Waals surface area contributed by atoms with Crippen LogP contribution in [-0.4, -0.2) is 34.1 Å². The van der Waals surface area contributed by atoms with E-state index in [1.807, 2.05) is 0 Å². The van der Waals surface area contributed by atoms with Gasteiger partial charge in [-0.05, 0) is 49.3 Å². The van der Waals surface area contributed by atoms with Crippen molar-refractivity contribution in [1.82, 2.24) is 0 Å². The van der Waals surface area contributed by atoms with Crippen LogP contribution in [0.2, 0.25) is 0 Å². The van der Waals surface area contributed by atoms with Crippen molar-refractivity contribution in [2.45, 2.75) is 30.2 Å². The molecule has 2 bridgehead atoms. The van der Waals surface area contributed by atoms with E-state index in [1.165, 1.54) is 17.5 Å². The monoisotopic (exact) mass is 402 g/mol. The third-order valence-corrected chi connectivity index (χ3v) is 9.38. The van der Waals surface area contributed by atoms with E-state index >= 15 is 0 Å². The van der Waals surface area contributed by atoms with Gasteiger partial charge in [-0.2, -0.15) is 18.4 Å². The van der Waals surface area contributed by atoms with Gasteiger partial charge in [0.05, 0.1) is 29.5 Å². The number of halogens is 3. The Kier molecular flexibility index (Phi) is 4.20. The van der Waals surface area contributed by atoms with Gasteiger partial charge < -0.3 is 4.74 Å². The maximum absolute atomic E-state index is 13.3. The number of nitrogens with zero attached hydrogens (tertiary/aromatic N) is 2. The standard InChI is InChI=1S/C18H21F3N2O3S/c1-26-10-17-13-4-2-11(6-13)16(17)9-23(27(17,24)25)14-5-3-12(8-22)15(7-14)18(19,20)21/h3,5,7,11,13,16,24-25H,2,4,6,9-10H2,1H3/t11-,13+,16-,17+/m0/s1. The van der Waals surface area contributed by atoms with Gasteiger partial charge in [0.15, 0.2) is 0 Å². The molecule has 0 radical (unpaired) electrons. The minimum atomic E-state index is -4.69. The Morgan fingerprint density at radius 3 is 2.74 bits per heavy atom. The van der Waals surface area contributed by atoms with Crippen molar-refractivity contribution < 1.29 is 27.0 Å². The highest BCUT2D eigenvalue weighted by Gasteiger charge is 2.70. The highest BCUT2D eigenvalue weighted by atomic mass is 32.3. The number of anilines is 1. The minimum Gasteiger partial charge on any atom is -0.382 e. The summed E-state index contributed by atoms with van der Waals surface area (Å²) in [4.78, 5) is 0. The van der Waals surface area contributed by atoms with Crippen molar-refractivity contribution in [3.63, 3.8) is 0 Å². The van der Waals surface area contributed by atoms with Crippen molar-refractivity contribution in [3.05, 3.63) is 29.3 Å². The summed E-state index contributed by atoms with van der Waals surface area (Å²) < 4.78 is 68.4. The number of rotatable bonds is 3. The lowest BCUT2D eigenvalue weighted by Crippen LogP contribution is -2.48. The van der Waals surface area contributed by atoms with Crippen LogP contribution in [0.15, 0.2) is 18.2 Å². The van der Waals surface area contributed by atoms with Crippen LogP contribution in [0.5, 0.6) is 0 Å². The molecule has 148 valence electrons. The van der Waals surface area contributed by atoms with Crippen LogP contribution in [0.25, 0.3) is 0 Å². The first-order chi connectivity index (χ1) is 12.7. The number of nitriles is 1. The summed E-state index contributed by atoms with van der Waals surface area (Å²) in [7, 11) is -1.88. The first-order valence-electron chi connectivity index (χ1n) is 8.82.